The molecule has 1 aromatic heterocycles. The van der Waals surface area contributed by atoms with Crippen LogP contribution < -0.4 is 97.4 Å². The third-order valence-corrected chi connectivity index (χ3v) is 5.99. The smallest absolute Gasteiger partial charge is 1.00 e. The molecule has 0 saturated carbocycles. The molecule has 21 heavy (non-hydrogen) atoms. The van der Waals surface area contributed by atoms with Crippen molar-refractivity contribution < 1.29 is 121 Å². The number of pyridine rings is 1. The number of halogens is 1. The second-order valence-electron chi connectivity index (χ2n) is 3.87. The number of aliphatic hydroxyl groups is 1. The minimum Gasteiger partial charge on any atom is -1.00 e. The van der Waals surface area contributed by atoms with Crippen molar-refractivity contribution in [2.45, 2.75) is 11.5 Å². The Bertz CT molecular complexity index is 527. The molecule has 0 fully saturated rings. The maximum absolute atomic E-state index is 11.0. The molecule has 0 spiro atoms. The summed E-state index contributed by atoms with van der Waals surface area (Å²) in [7, 11) is -9.85. The fourth-order valence-electron chi connectivity index (χ4n) is 1.39. The van der Waals surface area contributed by atoms with Crippen LogP contribution >= 0.6 is 15.2 Å². The van der Waals surface area contributed by atoms with E-state index in [1.165, 1.54) is 22.9 Å². The molecule has 0 aliphatic carbocycles. The summed E-state index contributed by atoms with van der Waals surface area (Å²) < 4.78 is 23.4. The Balaban J connectivity index is -0.00000108. The van der Waals surface area contributed by atoms with E-state index in [9.17, 15) is 24.0 Å². The molecular formula is C8H12INNa2O7P2. The van der Waals surface area contributed by atoms with Crippen LogP contribution in [0.4, 0.5) is 0 Å². The van der Waals surface area contributed by atoms with E-state index in [4.69, 9.17) is 9.79 Å². The van der Waals surface area contributed by atoms with Gasteiger partial charge >= 0.3 is 59.1 Å². The van der Waals surface area contributed by atoms with Crippen LogP contribution in [0.1, 0.15) is 5.56 Å². The van der Waals surface area contributed by atoms with Crippen molar-refractivity contribution in [2.75, 3.05) is 0 Å². The van der Waals surface area contributed by atoms with Crippen LogP contribution in [0.3, 0.4) is 0 Å². The fourth-order valence-corrected chi connectivity index (χ4v) is 3.43. The van der Waals surface area contributed by atoms with E-state index in [0.717, 1.165) is 0 Å². The predicted octanol–water partition coefficient (Wildman–Crippen LogP) is -11.2. The van der Waals surface area contributed by atoms with E-state index < -0.39 is 26.7 Å². The van der Waals surface area contributed by atoms with Gasteiger partial charge in [0.25, 0.3) is 0 Å². The largest absolute Gasteiger partial charge is 1.00 e. The normalized spacial score (nSPS) is 18.6. The van der Waals surface area contributed by atoms with E-state index in [1.807, 2.05) is 0 Å². The molecule has 0 saturated heterocycles. The topological polar surface area (TPSA) is 145 Å². The summed E-state index contributed by atoms with van der Waals surface area (Å²) >= 11 is 0. The van der Waals surface area contributed by atoms with Gasteiger partial charge in [-0.1, -0.05) is 0 Å². The summed E-state index contributed by atoms with van der Waals surface area (Å²) in [4.78, 5) is 39.6. The predicted molar refractivity (Wildman–Crippen MR) is 55.9 cm³/mol. The number of rotatable bonds is 4. The Morgan fingerprint density at radius 1 is 1.24 bits per heavy atom. The summed E-state index contributed by atoms with van der Waals surface area (Å²) in [5.41, 5.74) is 0.109. The van der Waals surface area contributed by atoms with Gasteiger partial charge in [0.1, 0.15) is 7.05 Å². The van der Waals surface area contributed by atoms with Gasteiger partial charge in [-0.3, -0.25) is 0 Å². The zero-order valence-corrected chi connectivity index (χ0v) is 19.7. The Morgan fingerprint density at radius 3 is 2.00 bits per heavy atom. The van der Waals surface area contributed by atoms with Gasteiger partial charge in [0.2, 0.25) is 0 Å². The molecule has 0 aliphatic rings. The molecule has 1 heterocycles. The number of aromatic nitrogens is 1. The molecule has 8 nitrogen and oxygen atoms in total. The molecule has 0 aliphatic heterocycles. The monoisotopic (exact) mass is 469 g/mol. The summed E-state index contributed by atoms with van der Waals surface area (Å²) in [6.45, 7) is 0. The van der Waals surface area contributed by atoms with Gasteiger partial charge in [-0.15, -0.1) is 0 Å². The minimum absolute atomic E-state index is 0. The molecule has 0 bridgehead atoms. The molecule has 3 N–H and O–H groups in total. The van der Waals surface area contributed by atoms with Crippen molar-refractivity contribution in [3.8, 4) is 0 Å². The first-order valence-corrected chi connectivity index (χ1v) is 7.87. The van der Waals surface area contributed by atoms with Gasteiger partial charge < -0.3 is 57.8 Å². The Morgan fingerprint density at radius 2 is 1.67 bits per heavy atom. The van der Waals surface area contributed by atoms with Crippen LogP contribution in [0.25, 0.3) is 0 Å². The van der Waals surface area contributed by atoms with Crippen LogP contribution in [0, 0.1) is 0 Å². The van der Waals surface area contributed by atoms with E-state index in [2.05, 4.69) is 0 Å². The van der Waals surface area contributed by atoms with Crippen LogP contribution in [0.2, 0.25) is 0 Å². The fraction of sp³-hybridized carbons (Fsp3) is 0.375. The number of hydrogen-bond acceptors (Lipinski definition) is 5. The summed E-state index contributed by atoms with van der Waals surface area (Å²) in [5.74, 6) is 0. The molecule has 0 aromatic carbocycles. The van der Waals surface area contributed by atoms with Gasteiger partial charge in [0.15, 0.2) is 32.7 Å². The zero-order valence-electron chi connectivity index (χ0n) is 11.7. The van der Waals surface area contributed by atoms with E-state index >= 15 is 0 Å². The standard InChI is InChI=1S/C8H13NO7P2.HI.2Na/c1-9-4-2-3-7(6-9)5-8(10,17(11,12)13)18(14,15)16;;;/h2-4,6,10H,5H2,1H3,(H3-,11,12,13,14,15,16);1H;;/q;;2*+1/p-2. The summed E-state index contributed by atoms with van der Waals surface area (Å²) in [6.07, 6.45) is 1.96. The van der Waals surface area contributed by atoms with Crippen LogP contribution in [-0.4, -0.2) is 20.0 Å². The summed E-state index contributed by atoms with van der Waals surface area (Å²) in [5, 5.41) is 5.94. The molecular weight excluding hydrogens is 457 g/mol. The maximum Gasteiger partial charge on any atom is 1.00 e. The van der Waals surface area contributed by atoms with Crippen molar-refractivity contribution in [1.29, 1.82) is 0 Å². The molecule has 1 rings (SSSR count). The van der Waals surface area contributed by atoms with Crippen molar-refractivity contribution >= 4 is 15.2 Å². The summed E-state index contributed by atoms with van der Waals surface area (Å²) in [6, 6.07) is 2.83. The third-order valence-electron chi connectivity index (χ3n) is 2.35. The Hall–Kier alpha value is 2.14. The third kappa shape index (κ3) is 7.27. The van der Waals surface area contributed by atoms with Crippen molar-refractivity contribution in [1.82, 2.24) is 0 Å². The van der Waals surface area contributed by atoms with Gasteiger partial charge in [-0.25, -0.2) is 4.57 Å². The number of nitrogens with zero attached hydrogens (tertiary/aromatic N) is 1. The Kier molecular flexibility index (Phi) is 13.6. The van der Waals surface area contributed by atoms with E-state index in [-0.39, 0.29) is 88.7 Å². The molecule has 2 unspecified atom stereocenters. The van der Waals surface area contributed by atoms with Gasteiger partial charge in [-0.05, 0) is 6.07 Å². The van der Waals surface area contributed by atoms with Crippen LogP contribution in [0.15, 0.2) is 24.5 Å². The van der Waals surface area contributed by atoms with Gasteiger partial charge in [0.05, 0.1) is 0 Å². The Labute approximate surface area is 183 Å². The first-order valence-electron chi connectivity index (χ1n) is 4.72. The minimum atomic E-state index is -5.72. The van der Waals surface area contributed by atoms with E-state index in [0.29, 0.717) is 0 Å². The van der Waals surface area contributed by atoms with E-state index in [1.54, 1.807) is 13.2 Å². The maximum atomic E-state index is 11.0. The molecule has 0 radical (unpaired) electrons. The molecule has 0 amide bonds. The average molecular weight is 469 g/mol. The number of aryl methyl sites for hydroxylation is 1. The first kappa shape index (κ1) is 28.0. The van der Waals surface area contributed by atoms with Gasteiger partial charge in [0, 0.05) is 18.1 Å². The van der Waals surface area contributed by atoms with Crippen LogP contribution in [-0.2, 0) is 22.6 Å². The molecule has 1 aromatic rings. The van der Waals surface area contributed by atoms with Crippen LogP contribution in [0.5, 0.6) is 0 Å². The van der Waals surface area contributed by atoms with Gasteiger partial charge in [-0.2, -0.15) is 0 Å². The van der Waals surface area contributed by atoms with Crippen molar-refractivity contribution in [3.05, 3.63) is 30.1 Å². The van der Waals surface area contributed by atoms with Crippen molar-refractivity contribution in [2.24, 2.45) is 7.05 Å². The molecule has 110 valence electrons. The average Bonchev–Trinajstić information content (AvgIpc) is 2.13. The van der Waals surface area contributed by atoms with Crippen molar-refractivity contribution in [3.63, 3.8) is 0 Å². The molecule has 2 atom stereocenters. The quantitative estimate of drug-likeness (QED) is 0.172. The number of hydrogen-bond donors (Lipinski definition) is 3. The SMILES string of the molecule is C[n+]1cccc(CC(O)(P(=O)([O-])O)P(=O)([O-])O)c1.[I-].[Na+].[Na+]. The first-order chi connectivity index (χ1) is 7.97. The zero-order chi connectivity index (χ0) is 14.2. The second kappa shape index (κ2) is 10.2. The second-order valence-corrected chi connectivity index (χ2v) is 7.78. The molecule has 13 heteroatoms.